The second-order valence-electron chi connectivity index (χ2n) is 6.87. The molecule has 2 aromatic rings. The minimum atomic E-state index is 0.125. The van der Waals surface area contributed by atoms with Gasteiger partial charge in [0.05, 0.1) is 5.69 Å². The summed E-state index contributed by atoms with van der Waals surface area (Å²) in [5.41, 5.74) is 6.23. The van der Waals surface area contributed by atoms with Crippen LogP contribution in [0.15, 0.2) is 23.8 Å². The van der Waals surface area contributed by atoms with Gasteiger partial charge >= 0.3 is 0 Å². The van der Waals surface area contributed by atoms with Crippen LogP contribution in [0.25, 0.3) is 10.9 Å². The highest BCUT2D eigenvalue weighted by molar-refractivity contribution is 9.09. The average Bonchev–Trinajstić information content (AvgIpc) is 3.15. The van der Waals surface area contributed by atoms with Gasteiger partial charge < -0.3 is 4.57 Å². The fourth-order valence-electron chi connectivity index (χ4n) is 4.14. The lowest BCUT2D eigenvalue weighted by Crippen LogP contribution is -2.02. The topological polar surface area (TPSA) is 39.1 Å². The van der Waals surface area contributed by atoms with Gasteiger partial charge in [-0.15, -0.1) is 0 Å². The Labute approximate surface area is 161 Å². The minimum Gasteiger partial charge on any atom is -0.333 e. The van der Waals surface area contributed by atoms with Crippen molar-refractivity contribution in [2.24, 2.45) is 0 Å². The van der Waals surface area contributed by atoms with Gasteiger partial charge in [-0.3, -0.25) is 9.59 Å². The molecule has 0 N–H and O–H groups in total. The number of allylic oxidation sites excluding steroid dienone is 2. The third-order valence-corrected chi connectivity index (χ3v) is 5.74. The van der Waals surface area contributed by atoms with Crippen LogP contribution in [0.2, 0.25) is 0 Å². The van der Waals surface area contributed by atoms with Crippen LogP contribution >= 0.6 is 15.9 Å². The first kappa shape index (κ1) is 17.3. The second-order valence-corrected chi connectivity index (χ2v) is 7.66. The summed E-state index contributed by atoms with van der Waals surface area (Å²) >= 11 is 3.56. The first-order valence-corrected chi connectivity index (χ1v) is 10.2. The second kappa shape index (κ2) is 6.89. The summed E-state index contributed by atoms with van der Waals surface area (Å²) in [5.74, 6) is 6.99. The zero-order chi connectivity index (χ0) is 18.3. The molecule has 0 saturated heterocycles. The number of halogens is 1. The first-order chi connectivity index (χ1) is 12.6. The number of ketones is 2. The van der Waals surface area contributed by atoms with E-state index in [-0.39, 0.29) is 11.6 Å². The number of carbonyl (C=O) groups excluding carboxylic acids is 2. The molecule has 26 heavy (non-hydrogen) atoms. The lowest BCUT2D eigenvalue weighted by Gasteiger charge is -2.06. The molecule has 132 valence electrons. The Bertz CT molecular complexity index is 1030. The molecule has 2 aliphatic rings. The zero-order valence-corrected chi connectivity index (χ0v) is 16.4. The molecular formula is C22H20BrNO2. The van der Waals surface area contributed by atoms with E-state index in [1.807, 2.05) is 6.07 Å². The largest absolute Gasteiger partial charge is 0.333 e. The maximum atomic E-state index is 12.2. The third-order valence-electron chi connectivity index (χ3n) is 5.38. The van der Waals surface area contributed by atoms with Crippen LogP contribution in [-0.2, 0) is 24.2 Å². The summed E-state index contributed by atoms with van der Waals surface area (Å²) in [5, 5.41) is 2.02. The van der Waals surface area contributed by atoms with Crippen molar-refractivity contribution in [2.45, 2.75) is 45.6 Å². The number of carbonyl (C=O) groups is 2. The van der Waals surface area contributed by atoms with Crippen LogP contribution in [-0.4, -0.2) is 21.5 Å². The Morgan fingerprint density at radius 1 is 1.23 bits per heavy atom. The molecular weight excluding hydrogens is 390 g/mol. The van der Waals surface area contributed by atoms with Crippen molar-refractivity contribution in [3.8, 4) is 11.8 Å². The summed E-state index contributed by atoms with van der Waals surface area (Å²) in [4.78, 5) is 24.1. The van der Waals surface area contributed by atoms with E-state index in [9.17, 15) is 9.59 Å². The number of rotatable bonds is 3. The predicted molar refractivity (Wildman–Crippen MR) is 107 cm³/mol. The molecule has 3 nitrogen and oxygen atoms in total. The predicted octanol–water partition coefficient (Wildman–Crippen LogP) is 4.37. The molecule has 0 atom stereocenters. The molecule has 0 aliphatic heterocycles. The Morgan fingerprint density at radius 2 is 2.08 bits per heavy atom. The average molecular weight is 410 g/mol. The normalized spacial score (nSPS) is 18.1. The first-order valence-electron chi connectivity index (χ1n) is 9.06. The smallest absolute Gasteiger partial charge is 0.163 e. The molecule has 0 bridgehead atoms. The molecule has 0 spiro atoms. The maximum absolute atomic E-state index is 12.2. The van der Waals surface area contributed by atoms with Crippen LogP contribution < -0.4 is 0 Å². The number of nitrogens with zero attached hydrogens (tertiary/aromatic N) is 1. The summed E-state index contributed by atoms with van der Waals surface area (Å²) in [6.07, 6.45) is 5.54. The van der Waals surface area contributed by atoms with Crippen molar-refractivity contribution in [1.29, 1.82) is 0 Å². The molecule has 0 unspecified atom stereocenters. The van der Waals surface area contributed by atoms with Gasteiger partial charge in [-0.2, -0.15) is 0 Å². The van der Waals surface area contributed by atoms with E-state index >= 15 is 0 Å². The van der Waals surface area contributed by atoms with E-state index in [1.54, 1.807) is 6.92 Å². The van der Waals surface area contributed by atoms with Crippen molar-refractivity contribution < 1.29 is 9.59 Å². The lowest BCUT2D eigenvalue weighted by atomic mass is 9.98. The fraction of sp³-hybridized carbons (Fsp3) is 0.364. The van der Waals surface area contributed by atoms with E-state index in [0.717, 1.165) is 46.2 Å². The molecule has 1 heterocycles. The van der Waals surface area contributed by atoms with Gasteiger partial charge in [-0.05, 0) is 60.9 Å². The van der Waals surface area contributed by atoms with Crippen LogP contribution in [0, 0.1) is 11.8 Å². The van der Waals surface area contributed by atoms with Gasteiger partial charge in [0.25, 0.3) is 0 Å². The molecule has 2 aliphatic carbocycles. The maximum Gasteiger partial charge on any atom is 0.163 e. The van der Waals surface area contributed by atoms with Crippen LogP contribution in [0.4, 0.5) is 0 Å². The van der Waals surface area contributed by atoms with E-state index in [4.69, 9.17) is 0 Å². The van der Waals surface area contributed by atoms with Gasteiger partial charge in [0, 0.05) is 41.2 Å². The Morgan fingerprint density at radius 3 is 2.85 bits per heavy atom. The van der Waals surface area contributed by atoms with Crippen LogP contribution in [0.3, 0.4) is 0 Å². The van der Waals surface area contributed by atoms with Crippen LogP contribution in [0.1, 0.15) is 53.4 Å². The Hall–Kier alpha value is -2.12. The van der Waals surface area contributed by atoms with Gasteiger partial charge in [0.2, 0.25) is 0 Å². The van der Waals surface area contributed by atoms with E-state index < -0.39 is 0 Å². The van der Waals surface area contributed by atoms with Crippen molar-refractivity contribution in [3.63, 3.8) is 0 Å². The van der Waals surface area contributed by atoms with Gasteiger partial charge in [0.1, 0.15) is 0 Å². The number of hydrogen-bond donors (Lipinski definition) is 0. The summed E-state index contributed by atoms with van der Waals surface area (Å²) in [7, 11) is 0. The Kier molecular flexibility index (Phi) is 4.58. The molecule has 0 fully saturated rings. The van der Waals surface area contributed by atoms with E-state index in [1.165, 1.54) is 10.9 Å². The number of fused-ring (bicyclic) bond motifs is 5. The quantitative estimate of drug-likeness (QED) is 0.557. The Balaban J connectivity index is 2.02. The number of aromatic nitrogens is 1. The number of aryl methyl sites for hydroxylation is 2. The molecule has 4 heteroatoms. The van der Waals surface area contributed by atoms with Crippen molar-refractivity contribution >= 4 is 38.4 Å². The number of Topliss-reactive ketones (excluding diaryl/α,β-unsaturated/α-hetero) is 2. The van der Waals surface area contributed by atoms with Crippen molar-refractivity contribution in [3.05, 3.63) is 46.2 Å². The highest BCUT2D eigenvalue weighted by Crippen LogP contribution is 2.36. The molecule has 0 saturated carbocycles. The molecule has 4 rings (SSSR count). The summed E-state index contributed by atoms with van der Waals surface area (Å²) in [6, 6.07) is 4.04. The van der Waals surface area contributed by atoms with Crippen LogP contribution in [0.5, 0.6) is 0 Å². The van der Waals surface area contributed by atoms with Gasteiger partial charge in [-0.1, -0.05) is 27.9 Å². The molecule has 0 amide bonds. The minimum absolute atomic E-state index is 0.125. The number of alkyl halides is 1. The molecule has 1 aromatic heterocycles. The molecule has 0 radical (unpaired) electrons. The third kappa shape index (κ3) is 2.75. The van der Waals surface area contributed by atoms with Crippen molar-refractivity contribution in [2.75, 3.05) is 5.33 Å². The number of hydrogen-bond acceptors (Lipinski definition) is 2. The monoisotopic (exact) mass is 409 g/mol. The lowest BCUT2D eigenvalue weighted by molar-refractivity contribution is -0.113. The van der Waals surface area contributed by atoms with E-state index in [0.29, 0.717) is 25.7 Å². The zero-order valence-electron chi connectivity index (χ0n) is 14.8. The van der Waals surface area contributed by atoms with Gasteiger partial charge in [0.15, 0.2) is 11.6 Å². The summed E-state index contributed by atoms with van der Waals surface area (Å²) in [6.45, 7) is 2.46. The highest BCUT2D eigenvalue weighted by Gasteiger charge is 2.26. The van der Waals surface area contributed by atoms with Crippen molar-refractivity contribution in [1.82, 2.24) is 4.57 Å². The SMILES string of the molecule is CC(=O)/C1=C/Cc2c(n(CCBr)c3ccc4c(c23)CCC4=O)C#CCC1. The van der Waals surface area contributed by atoms with Gasteiger partial charge in [-0.25, -0.2) is 0 Å². The standard InChI is InChI=1S/C22H20BrNO2/c1-14(25)15-4-2-3-5-19-18(7-6-15)22-17-9-11-21(26)16(17)8-10-20(22)24(19)13-12-23/h6,8,10H,2,4,7,9,11-13H2,1H3/b15-6+. The summed E-state index contributed by atoms with van der Waals surface area (Å²) < 4.78 is 2.27. The highest BCUT2D eigenvalue weighted by atomic mass is 79.9. The fourth-order valence-corrected chi connectivity index (χ4v) is 4.50. The van der Waals surface area contributed by atoms with E-state index in [2.05, 4.69) is 44.5 Å². The molecule has 1 aromatic carbocycles. The number of benzene rings is 1.